The summed E-state index contributed by atoms with van der Waals surface area (Å²) in [4.78, 5) is 25.9. The summed E-state index contributed by atoms with van der Waals surface area (Å²) in [6, 6.07) is 9.96. The van der Waals surface area contributed by atoms with Gasteiger partial charge in [-0.05, 0) is 43.2 Å². The van der Waals surface area contributed by atoms with Gasteiger partial charge in [-0.15, -0.1) is 0 Å². The molecule has 1 heterocycles. The van der Waals surface area contributed by atoms with Gasteiger partial charge in [-0.3, -0.25) is 9.59 Å². The Morgan fingerprint density at radius 2 is 1.68 bits per heavy atom. The van der Waals surface area contributed by atoms with Gasteiger partial charge in [0, 0.05) is 11.7 Å². The normalized spacial score (nSPS) is 18.9. The molecule has 0 spiro atoms. The monoisotopic (exact) mass is 403 g/mol. The van der Waals surface area contributed by atoms with Gasteiger partial charge in [-0.1, -0.05) is 89.1 Å². The van der Waals surface area contributed by atoms with Crippen LogP contribution in [0.15, 0.2) is 30.3 Å². The third-order valence-corrected chi connectivity index (χ3v) is 6.92. The second kappa shape index (κ2) is 13.0. The lowest BCUT2D eigenvalue weighted by Crippen LogP contribution is -2.34. The van der Waals surface area contributed by atoms with Gasteiger partial charge < -0.3 is 0 Å². The van der Waals surface area contributed by atoms with E-state index in [2.05, 4.69) is 13.8 Å². The molecule has 1 aliphatic rings. The van der Waals surface area contributed by atoms with Crippen LogP contribution in [-0.4, -0.2) is 21.4 Å². The van der Waals surface area contributed by atoms with Gasteiger partial charge in [-0.25, -0.2) is 4.31 Å². The zero-order valence-corrected chi connectivity index (χ0v) is 18.5. The van der Waals surface area contributed by atoms with Crippen molar-refractivity contribution in [3.05, 3.63) is 35.9 Å². The third-order valence-electron chi connectivity index (χ3n) is 5.55. The molecule has 1 fully saturated rings. The molecule has 0 bridgehead atoms. The number of hydrogen-bond acceptors (Lipinski definition) is 3. The third kappa shape index (κ3) is 7.27. The molecule has 0 aromatic heterocycles. The fraction of sp³-hybridized carbons (Fsp3) is 0.667. The molecule has 4 heteroatoms. The van der Waals surface area contributed by atoms with Crippen molar-refractivity contribution in [3.63, 3.8) is 0 Å². The van der Waals surface area contributed by atoms with E-state index < -0.39 is 0 Å². The van der Waals surface area contributed by atoms with Crippen LogP contribution in [0.25, 0.3) is 0 Å². The van der Waals surface area contributed by atoms with Crippen LogP contribution in [-0.2, 0) is 9.59 Å². The number of rotatable bonds is 12. The summed E-state index contributed by atoms with van der Waals surface area (Å²) in [6.07, 6.45) is 13.0. The van der Waals surface area contributed by atoms with E-state index in [1.165, 1.54) is 54.8 Å². The lowest BCUT2D eigenvalue weighted by Gasteiger charge is -2.26. The van der Waals surface area contributed by atoms with Gasteiger partial charge in [0.1, 0.15) is 0 Å². The average Bonchev–Trinajstić information content (AvgIpc) is 2.84. The maximum atomic E-state index is 13.2. The molecule has 2 amide bonds. The van der Waals surface area contributed by atoms with Crippen molar-refractivity contribution in [1.82, 2.24) is 4.31 Å². The first-order valence-electron chi connectivity index (χ1n) is 11.3. The highest BCUT2D eigenvalue weighted by Crippen LogP contribution is 2.35. The Kier molecular flexibility index (Phi) is 10.7. The van der Waals surface area contributed by atoms with Crippen molar-refractivity contribution in [2.45, 2.75) is 102 Å². The minimum Gasteiger partial charge on any atom is -0.273 e. The van der Waals surface area contributed by atoms with Gasteiger partial charge in [0.15, 0.2) is 0 Å². The Hall–Kier alpha value is -1.29. The van der Waals surface area contributed by atoms with Crippen molar-refractivity contribution < 1.29 is 9.59 Å². The lowest BCUT2D eigenvalue weighted by molar-refractivity contribution is -0.137. The molecule has 0 saturated carbocycles. The first-order chi connectivity index (χ1) is 13.7. The molecule has 3 nitrogen and oxygen atoms in total. The molecule has 2 unspecified atom stereocenters. The molecule has 1 aliphatic heterocycles. The fourth-order valence-corrected chi connectivity index (χ4v) is 5.28. The van der Waals surface area contributed by atoms with E-state index in [9.17, 15) is 9.59 Å². The first-order valence-corrected chi connectivity index (χ1v) is 12.1. The Labute approximate surface area is 175 Å². The molecule has 0 radical (unpaired) electrons. The highest BCUT2D eigenvalue weighted by molar-refractivity contribution is 7.98. The number of carbonyl (C=O) groups is 2. The van der Waals surface area contributed by atoms with Gasteiger partial charge in [0.05, 0.1) is 5.92 Å². The molecule has 28 heavy (non-hydrogen) atoms. The van der Waals surface area contributed by atoms with Crippen LogP contribution < -0.4 is 0 Å². The molecule has 2 atom stereocenters. The van der Waals surface area contributed by atoms with E-state index in [0.29, 0.717) is 11.7 Å². The van der Waals surface area contributed by atoms with Crippen molar-refractivity contribution in [3.8, 4) is 0 Å². The summed E-state index contributed by atoms with van der Waals surface area (Å²) in [7, 11) is 0. The van der Waals surface area contributed by atoms with Crippen LogP contribution >= 0.6 is 11.9 Å². The summed E-state index contributed by atoms with van der Waals surface area (Å²) in [5.74, 6) is -0.198. The second-order valence-electron chi connectivity index (χ2n) is 7.95. The number of benzene rings is 1. The Morgan fingerprint density at radius 3 is 2.39 bits per heavy atom. The number of nitrogens with zero attached hydrogens (tertiary/aromatic N) is 1. The fourth-order valence-electron chi connectivity index (χ4n) is 3.93. The quantitative estimate of drug-likeness (QED) is 0.217. The SMILES string of the molecule is CCCCCCCCC(CCC)SN1C(=O)CCCC(c2ccccc2)C1=O. The first kappa shape index (κ1) is 23.0. The zero-order chi connectivity index (χ0) is 20.2. The van der Waals surface area contributed by atoms with Crippen LogP contribution in [0.2, 0.25) is 0 Å². The predicted molar refractivity (Wildman–Crippen MR) is 119 cm³/mol. The largest absolute Gasteiger partial charge is 0.273 e. The van der Waals surface area contributed by atoms with Crippen LogP contribution in [0.5, 0.6) is 0 Å². The van der Waals surface area contributed by atoms with Crippen molar-refractivity contribution in [1.29, 1.82) is 0 Å². The van der Waals surface area contributed by atoms with Gasteiger partial charge in [0.25, 0.3) is 0 Å². The minimum atomic E-state index is -0.184. The van der Waals surface area contributed by atoms with Crippen molar-refractivity contribution in [2.75, 3.05) is 0 Å². The van der Waals surface area contributed by atoms with Crippen LogP contribution in [0.3, 0.4) is 0 Å². The van der Waals surface area contributed by atoms with E-state index in [1.54, 1.807) is 0 Å². The van der Waals surface area contributed by atoms with Crippen LogP contribution in [0.4, 0.5) is 0 Å². The molecular formula is C24H37NO2S. The summed E-state index contributed by atoms with van der Waals surface area (Å²) < 4.78 is 1.53. The Morgan fingerprint density at radius 1 is 0.964 bits per heavy atom. The van der Waals surface area contributed by atoms with Gasteiger partial charge in [-0.2, -0.15) is 0 Å². The van der Waals surface area contributed by atoms with Gasteiger partial charge in [0.2, 0.25) is 11.8 Å². The van der Waals surface area contributed by atoms with Crippen LogP contribution in [0, 0.1) is 0 Å². The van der Waals surface area contributed by atoms with E-state index in [4.69, 9.17) is 0 Å². The van der Waals surface area contributed by atoms with E-state index >= 15 is 0 Å². The Balaban J connectivity index is 1.97. The van der Waals surface area contributed by atoms with Crippen LogP contribution in [0.1, 0.15) is 102 Å². The highest BCUT2D eigenvalue weighted by Gasteiger charge is 2.34. The van der Waals surface area contributed by atoms with Crippen molar-refractivity contribution >= 4 is 23.8 Å². The summed E-state index contributed by atoms with van der Waals surface area (Å²) in [6.45, 7) is 4.43. The lowest BCUT2D eigenvalue weighted by atomic mass is 9.94. The molecule has 0 N–H and O–H groups in total. The number of carbonyl (C=O) groups excluding carboxylic acids is 2. The molecular weight excluding hydrogens is 366 g/mol. The average molecular weight is 404 g/mol. The number of imide groups is 1. The second-order valence-corrected chi connectivity index (χ2v) is 9.20. The Bertz CT molecular complexity index is 590. The number of hydrogen-bond donors (Lipinski definition) is 0. The van der Waals surface area contributed by atoms with Gasteiger partial charge >= 0.3 is 0 Å². The standard InChI is InChI=1S/C24H37NO2S/c1-3-5-6-7-8-12-17-21(14-4-2)28-25-23(26)19-13-18-22(24(25)27)20-15-10-9-11-16-20/h9-11,15-16,21-22H,3-8,12-14,17-19H2,1-2H3. The number of unbranched alkanes of at least 4 members (excludes halogenated alkanes) is 5. The zero-order valence-electron chi connectivity index (χ0n) is 17.7. The predicted octanol–water partition coefficient (Wildman–Crippen LogP) is 6.88. The molecule has 1 aromatic carbocycles. The summed E-state index contributed by atoms with van der Waals surface area (Å²) in [5, 5.41) is 0.360. The van der Waals surface area contributed by atoms with E-state index in [-0.39, 0.29) is 17.7 Å². The maximum absolute atomic E-state index is 13.2. The smallest absolute Gasteiger partial charge is 0.246 e. The molecule has 1 aromatic rings. The number of amides is 2. The van der Waals surface area contributed by atoms with E-state index in [1.807, 2.05) is 30.3 Å². The maximum Gasteiger partial charge on any atom is 0.246 e. The topological polar surface area (TPSA) is 37.4 Å². The molecule has 2 rings (SSSR count). The molecule has 0 aliphatic carbocycles. The minimum absolute atomic E-state index is 0.00233. The molecule has 1 saturated heterocycles. The summed E-state index contributed by atoms with van der Waals surface area (Å²) >= 11 is 1.52. The summed E-state index contributed by atoms with van der Waals surface area (Å²) in [5.41, 5.74) is 1.04. The molecule has 156 valence electrons. The van der Waals surface area contributed by atoms with E-state index in [0.717, 1.165) is 37.7 Å². The van der Waals surface area contributed by atoms with Crippen molar-refractivity contribution in [2.24, 2.45) is 0 Å². The highest BCUT2D eigenvalue weighted by atomic mass is 32.2.